The minimum atomic E-state index is -0.518. The van der Waals surface area contributed by atoms with Gasteiger partial charge in [0.2, 0.25) is 0 Å². The summed E-state index contributed by atoms with van der Waals surface area (Å²) in [6, 6.07) is 10.8. The van der Waals surface area contributed by atoms with Crippen molar-refractivity contribution >= 4 is 46.3 Å². The van der Waals surface area contributed by atoms with Gasteiger partial charge in [-0.05, 0) is 42.5 Å². The number of ether oxygens (including phenoxy) is 1. The first kappa shape index (κ1) is 18.4. The molecule has 0 spiro atoms. The summed E-state index contributed by atoms with van der Waals surface area (Å²) in [6.45, 7) is 0. The van der Waals surface area contributed by atoms with Gasteiger partial charge < -0.3 is 21.1 Å². The molecule has 4 N–H and O–H groups in total. The highest BCUT2D eigenvalue weighted by molar-refractivity contribution is 6.31. The molecule has 3 rings (SSSR count). The van der Waals surface area contributed by atoms with Crippen molar-refractivity contribution in [2.45, 2.75) is 0 Å². The quantitative estimate of drug-likeness (QED) is 0.566. The number of hydrogen-bond donors (Lipinski definition) is 3. The third-order valence-electron chi connectivity index (χ3n) is 3.63. The number of carbonyl (C=O) groups excluding carboxylic acids is 1. The van der Waals surface area contributed by atoms with Crippen molar-refractivity contribution < 1.29 is 13.9 Å². The Morgan fingerprint density at radius 1 is 1.07 bits per heavy atom. The smallest absolute Gasteiger partial charge is 0.337 e. The number of nitrogens with zero attached hydrogens (tertiary/aromatic N) is 2. The molecule has 0 radical (unpaired) electrons. The highest BCUT2D eigenvalue weighted by Gasteiger charge is 2.11. The minimum Gasteiger partial charge on any atom is -0.465 e. The van der Waals surface area contributed by atoms with Crippen LogP contribution in [0.5, 0.6) is 0 Å². The van der Waals surface area contributed by atoms with Gasteiger partial charge in [-0.3, -0.25) is 0 Å². The molecule has 0 atom stereocenters. The number of nitrogens with two attached hydrogens (primary N) is 1. The molecule has 3 aromatic rings. The van der Waals surface area contributed by atoms with E-state index in [2.05, 4.69) is 25.3 Å². The molecule has 0 bridgehead atoms. The summed E-state index contributed by atoms with van der Waals surface area (Å²) in [5.41, 5.74) is 8.00. The Balaban J connectivity index is 1.80. The van der Waals surface area contributed by atoms with Crippen molar-refractivity contribution in [2.24, 2.45) is 0 Å². The lowest BCUT2D eigenvalue weighted by Crippen LogP contribution is -2.05. The Kier molecular flexibility index (Phi) is 5.37. The molecule has 0 unspecified atom stereocenters. The van der Waals surface area contributed by atoms with Crippen LogP contribution in [0.1, 0.15) is 10.4 Å². The first-order valence-corrected chi connectivity index (χ1v) is 8.13. The molecule has 9 heteroatoms. The van der Waals surface area contributed by atoms with Crippen LogP contribution in [-0.2, 0) is 4.74 Å². The van der Waals surface area contributed by atoms with Gasteiger partial charge in [0.15, 0.2) is 11.6 Å². The molecule has 0 saturated heterocycles. The average Bonchev–Trinajstić information content (AvgIpc) is 2.68. The second-order valence-electron chi connectivity index (χ2n) is 5.43. The Hall–Kier alpha value is -3.39. The van der Waals surface area contributed by atoms with Crippen LogP contribution in [0.3, 0.4) is 0 Å². The van der Waals surface area contributed by atoms with E-state index in [1.807, 2.05) is 0 Å². The number of methoxy groups -OCH3 is 1. The summed E-state index contributed by atoms with van der Waals surface area (Å²) in [7, 11) is 1.32. The normalized spacial score (nSPS) is 10.3. The molecular weight excluding hydrogens is 373 g/mol. The highest BCUT2D eigenvalue weighted by atomic mass is 35.5. The van der Waals surface area contributed by atoms with Gasteiger partial charge in [-0.2, -0.15) is 0 Å². The van der Waals surface area contributed by atoms with Gasteiger partial charge in [-0.25, -0.2) is 19.2 Å². The number of esters is 1. The van der Waals surface area contributed by atoms with Gasteiger partial charge in [0.05, 0.1) is 17.7 Å². The Labute approximate surface area is 159 Å². The third-order valence-corrected chi connectivity index (χ3v) is 3.92. The topological polar surface area (TPSA) is 102 Å². The first-order chi connectivity index (χ1) is 13.0. The molecular formula is C18H15ClFN5O2. The second kappa shape index (κ2) is 7.88. The molecule has 27 heavy (non-hydrogen) atoms. The number of hydrogen-bond acceptors (Lipinski definition) is 7. The number of aromatic nitrogens is 2. The Morgan fingerprint density at radius 2 is 1.67 bits per heavy atom. The van der Waals surface area contributed by atoms with Crippen LogP contribution in [0.2, 0.25) is 5.02 Å². The molecule has 1 aromatic heterocycles. The van der Waals surface area contributed by atoms with Crippen molar-refractivity contribution in [2.75, 3.05) is 23.5 Å². The fourth-order valence-corrected chi connectivity index (χ4v) is 2.43. The fourth-order valence-electron chi connectivity index (χ4n) is 2.25. The van der Waals surface area contributed by atoms with Gasteiger partial charge in [-0.1, -0.05) is 11.6 Å². The molecule has 0 fully saturated rings. The molecule has 138 valence electrons. The number of halogens is 2. The maximum absolute atomic E-state index is 13.3. The molecule has 0 saturated carbocycles. The SMILES string of the molecule is COC(=O)c1ccc(Nc2ncnc(Nc3ccc(F)c(Cl)c3)c2N)cc1. The van der Waals surface area contributed by atoms with Gasteiger partial charge >= 0.3 is 5.97 Å². The number of rotatable bonds is 5. The molecule has 0 aliphatic carbocycles. The van der Waals surface area contributed by atoms with Gasteiger partial charge in [0.1, 0.15) is 17.8 Å². The van der Waals surface area contributed by atoms with Crippen LogP contribution in [0.4, 0.5) is 33.1 Å². The lowest BCUT2D eigenvalue weighted by molar-refractivity contribution is 0.0601. The monoisotopic (exact) mass is 387 g/mol. The van der Waals surface area contributed by atoms with E-state index in [0.29, 0.717) is 28.6 Å². The lowest BCUT2D eigenvalue weighted by atomic mass is 10.2. The zero-order chi connectivity index (χ0) is 19.4. The third kappa shape index (κ3) is 4.24. The standard InChI is InChI=1S/C18H15ClFN5O2/c1-27-18(26)10-2-4-11(5-3-10)24-16-15(21)17(23-9-22-16)25-12-6-7-14(20)13(19)8-12/h2-9H,21H2,1H3,(H2,22,23,24,25). The van der Waals surface area contributed by atoms with E-state index in [1.54, 1.807) is 24.3 Å². The van der Waals surface area contributed by atoms with E-state index >= 15 is 0 Å². The van der Waals surface area contributed by atoms with Crippen LogP contribution < -0.4 is 16.4 Å². The molecule has 7 nitrogen and oxygen atoms in total. The number of benzene rings is 2. The summed E-state index contributed by atoms with van der Waals surface area (Å²) in [4.78, 5) is 19.7. The molecule has 0 amide bonds. The average molecular weight is 388 g/mol. The van der Waals surface area contributed by atoms with Crippen molar-refractivity contribution in [3.63, 3.8) is 0 Å². The number of carbonyl (C=O) groups is 1. The summed E-state index contributed by atoms with van der Waals surface area (Å²) in [5, 5.41) is 6.00. The van der Waals surface area contributed by atoms with Gasteiger partial charge in [0.25, 0.3) is 0 Å². The maximum atomic E-state index is 13.3. The first-order valence-electron chi connectivity index (χ1n) is 7.76. The summed E-state index contributed by atoms with van der Waals surface area (Å²) in [6.07, 6.45) is 1.33. The predicted molar refractivity (Wildman–Crippen MR) is 102 cm³/mol. The van der Waals surface area contributed by atoms with Crippen molar-refractivity contribution in [3.05, 3.63) is 65.2 Å². The van der Waals surface area contributed by atoms with Crippen LogP contribution >= 0.6 is 11.6 Å². The molecule has 0 aliphatic rings. The number of nitrogen functional groups attached to an aromatic ring is 1. The van der Waals surface area contributed by atoms with Gasteiger partial charge in [0, 0.05) is 11.4 Å². The van der Waals surface area contributed by atoms with E-state index in [-0.39, 0.29) is 10.7 Å². The highest BCUT2D eigenvalue weighted by Crippen LogP contribution is 2.29. The summed E-state index contributed by atoms with van der Waals surface area (Å²) < 4.78 is 17.9. The van der Waals surface area contributed by atoms with E-state index in [4.69, 9.17) is 17.3 Å². The van der Waals surface area contributed by atoms with E-state index in [0.717, 1.165) is 0 Å². The minimum absolute atomic E-state index is 0.0170. The lowest BCUT2D eigenvalue weighted by Gasteiger charge is -2.13. The maximum Gasteiger partial charge on any atom is 0.337 e. The van der Waals surface area contributed by atoms with Gasteiger partial charge in [-0.15, -0.1) is 0 Å². The van der Waals surface area contributed by atoms with E-state index in [9.17, 15) is 9.18 Å². The number of anilines is 5. The zero-order valence-corrected chi connectivity index (χ0v) is 14.9. The van der Waals surface area contributed by atoms with Crippen LogP contribution in [0.15, 0.2) is 48.8 Å². The molecule has 2 aromatic carbocycles. The fraction of sp³-hybridized carbons (Fsp3) is 0.0556. The largest absolute Gasteiger partial charge is 0.465 e. The van der Waals surface area contributed by atoms with Crippen molar-refractivity contribution in [1.82, 2.24) is 9.97 Å². The van der Waals surface area contributed by atoms with Crippen molar-refractivity contribution in [1.29, 1.82) is 0 Å². The van der Waals surface area contributed by atoms with Crippen LogP contribution in [0, 0.1) is 5.82 Å². The molecule has 0 aliphatic heterocycles. The predicted octanol–water partition coefficient (Wildman–Crippen LogP) is 4.13. The van der Waals surface area contributed by atoms with Crippen LogP contribution in [-0.4, -0.2) is 23.0 Å². The zero-order valence-electron chi connectivity index (χ0n) is 14.2. The number of nitrogens with one attached hydrogen (secondary N) is 2. The Bertz CT molecular complexity index is 982. The van der Waals surface area contributed by atoms with E-state index < -0.39 is 11.8 Å². The second-order valence-corrected chi connectivity index (χ2v) is 5.84. The Morgan fingerprint density at radius 3 is 2.26 bits per heavy atom. The van der Waals surface area contributed by atoms with Crippen molar-refractivity contribution in [3.8, 4) is 0 Å². The summed E-state index contributed by atoms with van der Waals surface area (Å²) >= 11 is 5.78. The van der Waals surface area contributed by atoms with E-state index in [1.165, 1.54) is 31.6 Å². The molecule has 1 heterocycles. The van der Waals surface area contributed by atoms with Crippen LogP contribution in [0.25, 0.3) is 0 Å². The summed E-state index contributed by atoms with van der Waals surface area (Å²) in [5.74, 6) is -0.240.